The van der Waals surface area contributed by atoms with E-state index in [2.05, 4.69) is 54.4 Å². The Kier molecular flexibility index (Phi) is 16.8. The first-order valence-corrected chi connectivity index (χ1v) is 16.0. The van der Waals surface area contributed by atoms with E-state index in [0.29, 0.717) is 5.92 Å². The first kappa shape index (κ1) is 34.3. The first-order chi connectivity index (χ1) is 20.1. The van der Waals surface area contributed by atoms with Crippen LogP contribution < -0.4 is 9.47 Å². The van der Waals surface area contributed by atoms with E-state index in [1.165, 1.54) is 56.9 Å². The molecule has 2 rings (SSSR count). The second-order valence-electron chi connectivity index (χ2n) is 11.5. The monoisotopic (exact) mass is 561 g/mol. The maximum atomic E-state index is 11.0. The summed E-state index contributed by atoms with van der Waals surface area (Å²) in [7, 11) is 5.18. The molecule has 0 saturated carbocycles. The Morgan fingerprint density at radius 1 is 0.780 bits per heavy atom. The zero-order chi connectivity index (χ0) is 29.8. The van der Waals surface area contributed by atoms with Crippen LogP contribution in [0.2, 0.25) is 0 Å². The van der Waals surface area contributed by atoms with Crippen LogP contribution in [0.15, 0.2) is 58.8 Å². The summed E-state index contributed by atoms with van der Waals surface area (Å²) in [6, 6.07) is 19.6. The number of unbranched alkanes of at least 4 members (excludes halogenated alkanes) is 6. The molecule has 0 amide bonds. The van der Waals surface area contributed by atoms with Crippen molar-refractivity contribution in [2.75, 3.05) is 21.3 Å². The number of methoxy groups -OCH3 is 2. The Hall–Kier alpha value is -2.87. The lowest BCUT2D eigenvalue weighted by atomic mass is 9.64. The highest BCUT2D eigenvalue weighted by atomic mass is 16.5. The van der Waals surface area contributed by atoms with Gasteiger partial charge in [-0.3, -0.25) is 0 Å². The molecule has 0 aliphatic heterocycles. The minimum Gasteiger partial charge on any atom is -0.497 e. The van der Waals surface area contributed by atoms with Crippen molar-refractivity contribution >= 4 is 0 Å². The number of hydrogen-bond acceptors (Lipinski definition) is 5. The smallest absolute Gasteiger partial charge is 0.119 e. The molecular weight excluding hydrogens is 506 g/mol. The van der Waals surface area contributed by atoms with E-state index >= 15 is 0 Å². The summed E-state index contributed by atoms with van der Waals surface area (Å²) in [5, 5.41) is 19.8. The van der Waals surface area contributed by atoms with E-state index in [9.17, 15) is 5.26 Å². The van der Waals surface area contributed by atoms with Crippen LogP contribution in [0.4, 0.5) is 0 Å². The predicted molar refractivity (Wildman–Crippen MR) is 171 cm³/mol. The van der Waals surface area contributed by atoms with Crippen LogP contribution in [-0.2, 0) is 11.8 Å². The zero-order valence-corrected chi connectivity index (χ0v) is 26.5. The van der Waals surface area contributed by atoms with Crippen LogP contribution in [0, 0.1) is 17.2 Å². The van der Waals surface area contributed by atoms with Crippen molar-refractivity contribution in [1.82, 2.24) is 0 Å². The molecule has 2 aromatic carbocycles. The van der Waals surface area contributed by atoms with Gasteiger partial charge in [0.25, 0.3) is 0 Å². The highest BCUT2D eigenvalue weighted by molar-refractivity contribution is 5.39. The quantitative estimate of drug-likeness (QED) is 0.106. The fourth-order valence-electron chi connectivity index (χ4n) is 6.17. The molecule has 2 aromatic rings. The SMILES string of the molecule is CCCCCCC(CCCCCC)C(C#N)(CCCC(CCc1cccc(OC)c1)N=NC)c1cccc(OC)c1. The fraction of sp³-hybridized carbons (Fsp3) is 0.639. The second-order valence-corrected chi connectivity index (χ2v) is 11.5. The molecule has 5 heteroatoms. The third-order valence-corrected chi connectivity index (χ3v) is 8.58. The van der Waals surface area contributed by atoms with Gasteiger partial charge in [-0.15, -0.1) is 0 Å². The Morgan fingerprint density at radius 3 is 2.00 bits per heavy atom. The lowest BCUT2D eigenvalue weighted by Crippen LogP contribution is -2.34. The largest absolute Gasteiger partial charge is 0.497 e. The lowest BCUT2D eigenvalue weighted by Gasteiger charge is -2.37. The Balaban J connectivity index is 2.26. The molecule has 41 heavy (non-hydrogen) atoms. The number of hydrogen-bond donors (Lipinski definition) is 0. The van der Waals surface area contributed by atoms with Gasteiger partial charge in [-0.1, -0.05) is 89.5 Å². The molecule has 0 aliphatic rings. The summed E-state index contributed by atoms with van der Waals surface area (Å²) in [5.41, 5.74) is 1.83. The molecular formula is C36H55N3O2. The molecule has 0 spiro atoms. The van der Waals surface area contributed by atoms with E-state index in [4.69, 9.17) is 9.47 Å². The van der Waals surface area contributed by atoms with E-state index in [0.717, 1.165) is 62.0 Å². The normalized spacial score (nSPS) is 13.7. The average molecular weight is 562 g/mol. The highest BCUT2D eigenvalue weighted by Crippen LogP contribution is 2.43. The summed E-state index contributed by atoms with van der Waals surface area (Å²) in [5.74, 6) is 2.04. The molecule has 0 bridgehead atoms. The van der Waals surface area contributed by atoms with Crippen LogP contribution >= 0.6 is 0 Å². The molecule has 0 aliphatic carbocycles. The summed E-state index contributed by atoms with van der Waals surface area (Å²) in [4.78, 5) is 0. The second kappa shape index (κ2) is 20.1. The standard InChI is InChI=1S/C36H55N3O2/c1-6-8-10-12-18-31(19-13-11-9-7-2)36(29-37,32-20-15-23-35(28-32)41-5)26-16-21-33(39-38-3)25-24-30-17-14-22-34(27-30)40-4/h14-15,17,20,22-23,27-28,31,33H,6-13,16,18-19,21,24-26H2,1-5H3. The Morgan fingerprint density at radius 2 is 1.41 bits per heavy atom. The van der Waals surface area contributed by atoms with Gasteiger partial charge in [-0.2, -0.15) is 15.5 Å². The van der Waals surface area contributed by atoms with Gasteiger partial charge in [0.1, 0.15) is 11.5 Å². The van der Waals surface area contributed by atoms with Gasteiger partial charge in [-0.25, -0.2) is 0 Å². The van der Waals surface area contributed by atoms with Gasteiger partial charge >= 0.3 is 0 Å². The fourth-order valence-corrected chi connectivity index (χ4v) is 6.17. The minimum absolute atomic E-state index is 0.139. The Labute approximate surface area is 250 Å². The topological polar surface area (TPSA) is 67.0 Å². The van der Waals surface area contributed by atoms with Crippen molar-refractivity contribution in [1.29, 1.82) is 5.26 Å². The summed E-state index contributed by atoms with van der Waals surface area (Å²) >= 11 is 0. The van der Waals surface area contributed by atoms with Crippen LogP contribution in [0.5, 0.6) is 11.5 Å². The van der Waals surface area contributed by atoms with Crippen LogP contribution in [0.3, 0.4) is 0 Å². The Bertz CT molecular complexity index is 1040. The van der Waals surface area contributed by atoms with Gasteiger partial charge in [0.15, 0.2) is 0 Å². The highest BCUT2D eigenvalue weighted by Gasteiger charge is 2.40. The molecule has 2 atom stereocenters. The lowest BCUT2D eigenvalue weighted by molar-refractivity contribution is 0.257. The maximum Gasteiger partial charge on any atom is 0.119 e. The van der Waals surface area contributed by atoms with Crippen molar-refractivity contribution in [2.45, 2.75) is 122 Å². The van der Waals surface area contributed by atoms with Gasteiger partial charge in [0.05, 0.1) is 31.7 Å². The number of benzene rings is 2. The number of rotatable bonds is 22. The molecule has 0 radical (unpaired) electrons. The van der Waals surface area contributed by atoms with Gasteiger partial charge in [-0.05, 0) is 86.3 Å². The average Bonchev–Trinajstić information content (AvgIpc) is 3.01. The zero-order valence-electron chi connectivity index (χ0n) is 26.5. The molecule has 0 N–H and O–H groups in total. The van der Waals surface area contributed by atoms with E-state index in [-0.39, 0.29) is 6.04 Å². The number of azo groups is 1. The predicted octanol–water partition coefficient (Wildman–Crippen LogP) is 10.3. The molecule has 0 saturated heterocycles. The van der Waals surface area contributed by atoms with E-state index in [1.807, 2.05) is 24.3 Å². The number of ether oxygens (including phenoxy) is 2. The van der Waals surface area contributed by atoms with Crippen molar-refractivity contribution in [3.8, 4) is 17.6 Å². The molecule has 0 fully saturated rings. The summed E-state index contributed by atoms with van der Waals surface area (Å²) in [6.07, 6.45) is 16.6. The van der Waals surface area contributed by atoms with Crippen LogP contribution in [0.1, 0.15) is 115 Å². The van der Waals surface area contributed by atoms with Crippen molar-refractivity contribution in [3.05, 3.63) is 59.7 Å². The van der Waals surface area contributed by atoms with Crippen LogP contribution in [-0.4, -0.2) is 27.3 Å². The number of aryl methyl sites for hydroxylation is 1. The molecule has 5 nitrogen and oxygen atoms in total. The van der Waals surface area contributed by atoms with Gasteiger partial charge < -0.3 is 9.47 Å². The molecule has 0 heterocycles. The van der Waals surface area contributed by atoms with Crippen LogP contribution in [0.25, 0.3) is 0 Å². The first-order valence-electron chi connectivity index (χ1n) is 16.0. The van der Waals surface area contributed by atoms with Gasteiger partial charge in [0, 0.05) is 7.05 Å². The minimum atomic E-state index is -0.534. The van der Waals surface area contributed by atoms with Crippen molar-refractivity contribution in [3.63, 3.8) is 0 Å². The van der Waals surface area contributed by atoms with Crippen molar-refractivity contribution < 1.29 is 9.47 Å². The summed E-state index contributed by atoms with van der Waals surface area (Å²) in [6.45, 7) is 4.52. The van der Waals surface area contributed by atoms with E-state index < -0.39 is 5.41 Å². The van der Waals surface area contributed by atoms with E-state index in [1.54, 1.807) is 21.3 Å². The molecule has 226 valence electrons. The number of nitriles is 1. The maximum absolute atomic E-state index is 11.0. The molecule has 2 unspecified atom stereocenters. The number of nitrogens with zero attached hydrogens (tertiary/aromatic N) is 3. The third-order valence-electron chi connectivity index (χ3n) is 8.58. The molecule has 0 aromatic heterocycles. The summed E-state index contributed by atoms with van der Waals surface area (Å²) < 4.78 is 11.0. The van der Waals surface area contributed by atoms with Gasteiger partial charge in [0.2, 0.25) is 0 Å². The van der Waals surface area contributed by atoms with Crippen molar-refractivity contribution in [2.24, 2.45) is 16.1 Å². The third kappa shape index (κ3) is 11.5.